The number of dihydropyridines is 1. The maximum Gasteiger partial charge on any atom is 0.129 e. The van der Waals surface area contributed by atoms with Gasteiger partial charge in [0.2, 0.25) is 0 Å². The molecule has 0 saturated heterocycles. The first kappa shape index (κ1) is 13.6. The molecule has 0 bridgehead atoms. The second kappa shape index (κ2) is 6.32. The number of rotatable bonds is 3. The van der Waals surface area contributed by atoms with Crippen LogP contribution in [0.15, 0.2) is 39.1 Å². The number of halogens is 1. The molecule has 0 fully saturated rings. The van der Waals surface area contributed by atoms with Crippen molar-refractivity contribution in [3.8, 4) is 0 Å². The van der Waals surface area contributed by atoms with Crippen molar-refractivity contribution in [3.63, 3.8) is 0 Å². The van der Waals surface area contributed by atoms with Crippen LogP contribution in [0.4, 0.5) is 0 Å². The van der Waals surface area contributed by atoms with Crippen molar-refractivity contribution >= 4 is 28.2 Å². The minimum Gasteiger partial charge on any atom is -0.390 e. The number of allylic oxidation sites excluding steroid dienone is 3. The van der Waals surface area contributed by atoms with Crippen LogP contribution in [-0.2, 0) is 0 Å². The lowest BCUT2D eigenvalue weighted by Gasteiger charge is -2.12. The van der Waals surface area contributed by atoms with Crippen molar-refractivity contribution in [2.24, 2.45) is 15.2 Å². The molecular formula is C11H15ClN4O. The topological polar surface area (TPSA) is 60.5 Å². The Morgan fingerprint density at radius 1 is 1.59 bits per heavy atom. The molecule has 0 saturated carbocycles. The second-order valence-corrected chi connectivity index (χ2v) is 3.80. The zero-order chi connectivity index (χ0) is 12.8. The monoisotopic (exact) mass is 254 g/mol. The van der Waals surface area contributed by atoms with Crippen molar-refractivity contribution < 1.29 is 5.11 Å². The third-order valence-electron chi connectivity index (χ3n) is 1.94. The number of aliphatic hydroxyl groups excluding tert-OH is 1. The van der Waals surface area contributed by atoms with Crippen molar-refractivity contribution in [2.45, 2.75) is 13.8 Å². The molecule has 0 aromatic carbocycles. The van der Waals surface area contributed by atoms with Crippen LogP contribution < -0.4 is 0 Å². The fourth-order valence-electron chi connectivity index (χ4n) is 1.20. The molecule has 5 nitrogen and oxygen atoms in total. The van der Waals surface area contributed by atoms with Crippen LogP contribution >= 0.6 is 11.6 Å². The largest absolute Gasteiger partial charge is 0.390 e. The summed E-state index contributed by atoms with van der Waals surface area (Å²) in [6.07, 6.45) is 5.26. The van der Waals surface area contributed by atoms with Gasteiger partial charge in [-0.2, -0.15) is 15.3 Å². The van der Waals surface area contributed by atoms with E-state index in [2.05, 4.69) is 15.2 Å². The van der Waals surface area contributed by atoms with Gasteiger partial charge in [0.25, 0.3) is 0 Å². The molecule has 0 unspecified atom stereocenters. The minimum absolute atomic E-state index is 0.0918. The average Bonchev–Trinajstić information content (AvgIpc) is 2.31. The summed E-state index contributed by atoms with van der Waals surface area (Å²) in [5.74, 6) is 0. The molecule has 0 aromatic rings. The van der Waals surface area contributed by atoms with E-state index in [9.17, 15) is 0 Å². The highest BCUT2D eigenvalue weighted by molar-refractivity contribution is 6.69. The van der Waals surface area contributed by atoms with Crippen LogP contribution in [0.3, 0.4) is 0 Å². The predicted octanol–water partition coefficient (Wildman–Crippen LogP) is 1.75. The number of hydrogen-bond donors (Lipinski definition) is 1. The molecular weight excluding hydrogens is 240 g/mol. The standard InChI is InChI=1S/C11H15ClN4O/c1-4-9-10(5-6-11(12)13-9)15-16(3)14-8(2)7-17/h4-6,17H,7H2,1-3H3/b9-4+,14-8+,15-10-. The van der Waals surface area contributed by atoms with Crippen LogP contribution in [0.5, 0.6) is 0 Å². The van der Waals surface area contributed by atoms with Gasteiger partial charge in [-0.25, -0.2) is 4.99 Å². The van der Waals surface area contributed by atoms with Gasteiger partial charge in [0, 0.05) is 7.05 Å². The average molecular weight is 255 g/mol. The third kappa shape index (κ3) is 4.13. The lowest BCUT2D eigenvalue weighted by molar-refractivity contribution is 0.338. The maximum absolute atomic E-state index is 8.85. The summed E-state index contributed by atoms with van der Waals surface area (Å²) in [7, 11) is 1.69. The Bertz CT molecular complexity index is 435. The van der Waals surface area contributed by atoms with Crippen molar-refractivity contribution in [1.29, 1.82) is 0 Å². The minimum atomic E-state index is -0.0918. The molecule has 92 valence electrons. The fraction of sp³-hybridized carbons (Fsp3) is 0.364. The molecule has 0 radical (unpaired) electrons. The summed E-state index contributed by atoms with van der Waals surface area (Å²) >= 11 is 5.79. The third-order valence-corrected chi connectivity index (χ3v) is 2.15. The van der Waals surface area contributed by atoms with Crippen LogP contribution in [0.1, 0.15) is 13.8 Å². The Morgan fingerprint density at radius 2 is 2.29 bits per heavy atom. The lowest BCUT2D eigenvalue weighted by atomic mass is 10.2. The molecule has 0 atom stereocenters. The zero-order valence-corrected chi connectivity index (χ0v) is 10.8. The van der Waals surface area contributed by atoms with Gasteiger partial charge in [-0.3, -0.25) is 0 Å². The first-order valence-corrected chi connectivity index (χ1v) is 5.51. The quantitative estimate of drug-likeness (QED) is 0.616. The molecule has 1 N–H and O–H groups in total. The van der Waals surface area contributed by atoms with Gasteiger partial charge in [-0.15, -0.1) is 0 Å². The normalized spacial score (nSPS) is 21.0. The first-order valence-electron chi connectivity index (χ1n) is 5.13. The summed E-state index contributed by atoms with van der Waals surface area (Å²) in [5.41, 5.74) is 1.95. The fourth-order valence-corrected chi connectivity index (χ4v) is 1.35. The summed E-state index contributed by atoms with van der Waals surface area (Å²) in [4.78, 5) is 4.14. The number of hydrogen-bond acceptors (Lipinski definition) is 5. The van der Waals surface area contributed by atoms with Crippen molar-refractivity contribution in [1.82, 2.24) is 5.12 Å². The maximum atomic E-state index is 8.85. The van der Waals surface area contributed by atoms with Crippen LogP contribution in [0.25, 0.3) is 0 Å². The molecule has 0 spiro atoms. The molecule has 1 aliphatic heterocycles. The van der Waals surface area contributed by atoms with Gasteiger partial charge in [0.05, 0.1) is 18.0 Å². The van der Waals surface area contributed by atoms with Crippen LogP contribution in [0, 0.1) is 0 Å². The Hall–Kier alpha value is -1.46. The number of hydrazone groups is 2. The molecule has 17 heavy (non-hydrogen) atoms. The van der Waals surface area contributed by atoms with Gasteiger partial charge in [0.15, 0.2) is 0 Å². The van der Waals surface area contributed by atoms with Crippen LogP contribution in [-0.4, -0.2) is 40.5 Å². The van der Waals surface area contributed by atoms with E-state index in [0.29, 0.717) is 22.3 Å². The highest BCUT2D eigenvalue weighted by atomic mass is 35.5. The van der Waals surface area contributed by atoms with E-state index >= 15 is 0 Å². The Morgan fingerprint density at radius 3 is 2.88 bits per heavy atom. The van der Waals surface area contributed by atoms with Gasteiger partial charge in [-0.1, -0.05) is 17.7 Å². The molecule has 0 aliphatic carbocycles. The predicted molar refractivity (Wildman–Crippen MR) is 71.6 cm³/mol. The summed E-state index contributed by atoms with van der Waals surface area (Å²) < 4.78 is 0. The molecule has 0 aromatic heterocycles. The van der Waals surface area contributed by atoms with Crippen molar-refractivity contribution in [2.75, 3.05) is 13.7 Å². The van der Waals surface area contributed by atoms with Gasteiger partial charge < -0.3 is 5.11 Å². The highest BCUT2D eigenvalue weighted by Gasteiger charge is 2.09. The smallest absolute Gasteiger partial charge is 0.129 e. The van der Waals surface area contributed by atoms with E-state index < -0.39 is 0 Å². The summed E-state index contributed by atoms with van der Waals surface area (Å²) in [6, 6.07) is 0. The van der Waals surface area contributed by atoms with Gasteiger partial charge in [0.1, 0.15) is 10.9 Å². The van der Waals surface area contributed by atoms with E-state index in [4.69, 9.17) is 16.7 Å². The van der Waals surface area contributed by atoms with Gasteiger partial charge in [-0.05, 0) is 26.0 Å². The number of aliphatic hydroxyl groups is 1. The number of aliphatic imine (C=N–C) groups is 1. The van der Waals surface area contributed by atoms with E-state index in [-0.39, 0.29) is 6.61 Å². The molecule has 1 aliphatic rings. The number of nitrogens with zero attached hydrogens (tertiary/aromatic N) is 4. The van der Waals surface area contributed by atoms with E-state index in [1.807, 2.05) is 13.0 Å². The SMILES string of the molecule is C/C=C1/N=C(Cl)C=C/C1=N/N(C)/N=C(\C)CO. The Labute approximate surface area is 105 Å². The van der Waals surface area contributed by atoms with Crippen LogP contribution in [0.2, 0.25) is 0 Å². The molecule has 0 amide bonds. The Kier molecular flexibility index (Phi) is 5.06. The van der Waals surface area contributed by atoms with Gasteiger partial charge >= 0.3 is 0 Å². The first-order chi connectivity index (χ1) is 8.06. The molecule has 1 rings (SSSR count). The van der Waals surface area contributed by atoms with E-state index in [1.165, 1.54) is 5.12 Å². The van der Waals surface area contributed by atoms with Crippen molar-refractivity contribution in [3.05, 3.63) is 23.9 Å². The Balaban J connectivity index is 2.90. The summed E-state index contributed by atoms with van der Waals surface area (Å²) in [5, 5.41) is 19.0. The lowest BCUT2D eigenvalue weighted by Crippen LogP contribution is -2.14. The van der Waals surface area contributed by atoms with E-state index in [1.54, 1.807) is 26.1 Å². The molecule has 1 heterocycles. The molecule has 6 heteroatoms. The second-order valence-electron chi connectivity index (χ2n) is 3.41. The van der Waals surface area contributed by atoms with E-state index in [0.717, 1.165) is 0 Å². The highest BCUT2D eigenvalue weighted by Crippen LogP contribution is 2.11. The summed E-state index contributed by atoms with van der Waals surface area (Å²) in [6.45, 7) is 3.49. The zero-order valence-electron chi connectivity index (χ0n) is 10.1.